The number of benzene rings is 1. The van der Waals surface area contributed by atoms with Crippen LogP contribution in [0.3, 0.4) is 0 Å². The molecule has 1 heterocycles. The van der Waals surface area contributed by atoms with Crippen LogP contribution in [0.4, 0.5) is 4.39 Å². The highest BCUT2D eigenvalue weighted by atomic mass is 19.1. The molecule has 0 aliphatic carbocycles. The fraction of sp³-hybridized carbons (Fsp3) is 0.312. The predicted molar refractivity (Wildman–Crippen MR) is 81.9 cm³/mol. The monoisotopic (exact) mass is 319 g/mol. The summed E-state index contributed by atoms with van der Waals surface area (Å²) in [6, 6.07) is 6.81. The van der Waals surface area contributed by atoms with Crippen LogP contribution in [-0.2, 0) is 4.79 Å². The predicted octanol–water partition coefficient (Wildman–Crippen LogP) is 2.38. The van der Waals surface area contributed by atoms with Crippen LogP contribution >= 0.6 is 0 Å². The Balaban J connectivity index is 2.08. The van der Waals surface area contributed by atoms with Crippen LogP contribution in [0.15, 0.2) is 36.5 Å². The Labute approximate surface area is 132 Å². The van der Waals surface area contributed by atoms with Crippen LogP contribution in [-0.4, -0.2) is 32.8 Å². The lowest BCUT2D eigenvalue weighted by Crippen LogP contribution is -2.36. The van der Waals surface area contributed by atoms with Crippen LogP contribution in [0.2, 0.25) is 0 Å². The van der Waals surface area contributed by atoms with Crippen molar-refractivity contribution in [2.24, 2.45) is 0 Å². The molecule has 0 saturated carbocycles. The third-order valence-electron chi connectivity index (χ3n) is 3.31. The first kappa shape index (κ1) is 16.7. The fourth-order valence-corrected chi connectivity index (χ4v) is 2.23. The van der Waals surface area contributed by atoms with E-state index in [-0.39, 0.29) is 17.9 Å². The molecule has 2 rings (SSSR count). The Kier molecular flexibility index (Phi) is 5.46. The van der Waals surface area contributed by atoms with Crippen molar-refractivity contribution in [1.29, 1.82) is 0 Å². The Morgan fingerprint density at radius 3 is 2.61 bits per heavy atom. The molecule has 0 saturated heterocycles. The number of nitrogens with zero attached hydrogens (tertiary/aromatic N) is 2. The van der Waals surface area contributed by atoms with Crippen molar-refractivity contribution in [3.05, 3.63) is 48.0 Å². The van der Waals surface area contributed by atoms with E-state index in [1.807, 2.05) is 6.92 Å². The van der Waals surface area contributed by atoms with Crippen molar-refractivity contribution in [1.82, 2.24) is 15.1 Å². The van der Waals surface area contributed by atoms with Crippen LogP contribution in [0.25, 0.3) is 5.69 Å². The molecule has 1 atom stereocenters. The molecule has 7 heteroatoms. The number of amides is 1. The summed E-state index contributed by atoms with van der Waals surface area (Å²) >= 11 is 0. The third kappa shape index (κ3) is 4.64. The number of halogens is 1. The quantitative estimate of drug-likeness (QED) is 0.820. The summed E-state index contributed by atoms with van der Waals surface area (Å²) in [7, 11) is 0. The van der Waals surface area contributed by atoms with Crippen molar-refractivity contribution in [3.63, 3.8) is 0 Å². The minimum atomic E-state index is -0.958. The van der Waals surface area contributed by atoms with E-state index in [9.17, 15) is 14.0 Å². The molecule has 0 aliphatic heterocycles. The number of carbonyl (C=O) groups is 2. The zero-order valence-corrected chi connectivity index (χ0v) is 12.7. The van der Waals surface area contributed by atoms with Crippen LogP contribution in [0, 0.1) is 5.82 Å². The van der Waals surface area contributed by atoms with Gasteiger partial charge in [-0.15, -0.1) is 0 Å². The zero-order chi connectivity index (χ0) is 16.8. The second kappa shape index (κ2) is 7.53. The first-order valence-corrected chi connectivity index (χ1v) is 7.34. The number of nitrogens with one attached hydrogen (secondary N) is 1. The van der Waals surface area contributed by atoms with Gasteiger partial charge in [-0.05, 0) is 36.8 Å². The maximum Gasteiger partial charge on any atom is 0.305 e. The summed E-state index contributed by atoms with van der Waals surface area (Å²) in [6.45, 7) is 1.92. The van der Waals surface area contributed by atoms with Gasteiger partial charge in [0.1, 0.15) is 5.82 Å². The third-order valence-corrected chi connectivity index (χ3v) is 3.31. The SMILES string of the molecule is CCC[C@H](CC(=O)O)NC(=O)c1ccn(-c2ccc(F)cc2)n1. The molecule has 0 radical (unpaired) electrons. The summed E-state index contributed by atoms with van der Waals surface area (Å²) in [5, 5.41) is 15.7. The van der Waals surface area contributed by atoms with E-state index < -0.39 is 17.9 Å². The molecule has 1 aromatic carbocycles. The number of aromatic nitrogens is 2. The normalized spacial score (nSPS) is 11.9. The smallest absolute Gasteiger partial charge is 0.305 e. The lowest BCUT2D eigenvalue weighted by Gasteiger charge is -2.15. The number of aliphatic carboxylic acids is 1. The lowest BCUT2D eigenvalue weighted by atomic mass is 10.1. The van der Waals surface area contributed by atoms with Gasteiger partial charge in [-0.25, -0.2) is 9.07 Å². The summed E-state index contributed by atoms with van der Waals surface area (Å²) in [5.74, 6) is -1.74. The van der Waals surface area contributed by atoms with Gasteiger partial charge in [0.15, 0.2) is 5.69 Å². The fourth-order valence-electron chi connectivity index (χ4n) is 2.23. The van der Waals surface area contributed by atoms with Crippen LogP contribution in [0.1, 0.15) is 36.7 Å². The number of carboxylic acids is 1. The van der Waals surface area contributed by atoms with E-state index in [4.69, 9.17) is 5.11 Å². The van der Waals surface area contributed by atoms with E-state index in [0.29, 0.717) is 12.1 Å². The summed E-state index contributed by atoms with van der Waals surface area (Å²) < 4.78 is 14.4. The Morgan fingerprint density at radius 2 is 2.00 bits per heavy atom. The number of carboxylic acid groups (broad SMARTS) is 1. The van der Waals surface area contributed by atoms with Crippen molar-refractivity contribution < 1.29 is 19.1 Å². The molecule has 122 valence electrons. The van der Waals surface area contributed by atoms with E-state index in [1.54, 1.807) is 18.3 Å². The van der Waals surface area contributed by atoms with Gasteiger partial charge in [0, 0.05) is 12.2 Å². The highest BCUT2D eigenvalue weighted by molar-refractivity contribution is 5.92. The molecule has 2 aromatic rings. The van der Waals surface area contributed by atoms with Gasteiger partial charge >= 0.3 is 5.97 Å². The lowest BCUT2D eigenvalue weighted by molar-refractivity contribution is -0.137. The molecule has 0 fully saturated rings. The molecule has 1 amide bonds. The molecule has 0 bridgehead atoms. The molecule has 0 unspecified atom stereocenters. The Hall–Kier alpha value is -2.70. The van der Waals surface area contributed by atoms with Gasteiger partial charge in [-0.3, -0.25) is 9.59 Å². The standard InChI is InChI=1S/C16H18FN3O3/c1-2-3-12(10-15(21)22)18-16(23)14-8-9-20(19-14)13-6-4-11(17)5-7-13/h4-9,12H,2-3,10H2,1H3,(H,18,23)(H,21,22)/t12-/m1/s1. The van der Waals surface area contributed by atoms with E-state index in [0.717, 1.165) is 6.42 Å². The Bertz CT molecular complexity index is 682. The number of hydrogen-bond donors (Lipinski definition) is 2. The summed E-state index contributed by atoms with van der Waals surface area (Å²) in [5.41, 5.74) is 0.807. The molecule has 1 aromatic heterocycles. The molecule has 0 aliphatic rings. The van der Waals surface area contributed by atoms with Gasteiger partial charge in [-0.1, -0.05) is 13.3 Å². The van der Waals surface area contributed by atoms with Crippen molar-refractivity contribution in [2.75, 3.05) is 0 Å². The molecule has 0 spiro atoms. The average molecular weight is 319 g/mol. The van der Waals surface area contributed by atoms with Gasteiger partial charge in [0.25, 0.3) is 5.91 Å². The molecule has 6 nitrogen and oxygen atoms in total. The highest BCUT2D eigenvalue weighted by Gasteiger charge is 2.18. The van der Waals surface area contributed by atoms with Gasteiger partial charge in [-0.2, -0.15) is 5.10 Å². The average Bonchev–Trinajstić information content (AvgIpc) is 2.97. The molecule has 2 N–H and O–H groups in total. The minimum absolute atomic E-state index is 0.127. The van der Waals surface area contributed by atoms with Gasteiger partial charge < -0.3 is 10.4 Å². The second-order valence-electron chi connectivity index (χ2n) is 5.18. The zero-order valence-electron chi connectivity index (χ0n) is 12.7. The van der Waals surface area contributed by atoms with Crippen LogP contribution < -0.4 is 5.32 Å². The summed E-state index contributed by atoms with van der Waals surface area (Å²) in [4.78, 5) is 23.0. The first-order valence-electron chi connectivity index (χ1n) is 7.34. The van der Waals surface area contributed by atoms with Gasteiger partial charge in [0.2, 0.25) is 0 Å². The Morgan fingerprint density at radius 1 is 1.30 bits per heavy atom. The van der Waals surface area contributed by atoms with Gasteiger partial charge in [0.05, 0.1) is 12.1 Å². The highest BCUT2D eigenvalue weighted by Crippen LogP contribution is 2.10. The molecular weight excluding hydrogens is 301 g/mol. The van der Waals surface area contributed by atoms with E-state index in [1.165, 1.54) is 22.9 Å². The largest absolute Gasteiger partial charge is 0.481 e. The van der Waals surface area contributed by atoms with E-state index in [2.05, 4.69) is 10.4 Å². The number of rotatable bonds is 7. The number of carbonyl (C=O) groups excluding carboxylic acids is 1. The topological polar surface area (TPSA) is 84.2 Å². The van der Waals surface area contributed by atoms with Crippen molar-refractivity contribution in [3.8, 4) is 5.69 Å². The summed E-state index contributed by atoms with van der Waals surface area (Å²) in [6.07, 6.45) is 2.81. The van der Waals surface area contributed by atoms with Crippen LogP contribution in [0.5, 0.6) is 0 Å². The first-order chi connectivity index (χ1) is 11.0. The number of hydrogen-bond acceptors (Lipinski definition) is 3. The molecule has 23 heavy (non-hydrogen) atoms. The minimum Gasteiger partial charge on any atom is -0.481 e. The second-order valence-corrected chi connectivity index (χ2v) is 5.18. The molecular formula is C16H18FN3O3. The van der Waals surface area contributed by atoms with E-state index >= 15 is 0 Å². The maximum atomic E-state index is 12.9. The van der Waals surface area contributed by atoms with Crippen molar-refractivity contribution in [2.45, 2.75) is 32.2 Å². The maximum absolute atomic E-state index is 12.9. The van der Waals surface area contributed by atoms with Crippen molar-refractivity contribution >= 4 is 11.9 Å².